The van der Waals surface area contributed by atoms with E-state index in [4.69, 9.17) is 4.11 Å². The number of nitrogens with one attached hydrogen (secondary N) is 3. The van der Waals surface area contributed by atoms with Crippen molar-refractivity contribution in [1.29, 1.82) is 0 Å². The van der Waals surface area contributed by atoms with E-state index in [-0.39, 0.29) is 29.0 Å². The maximum Gasteiger partial charge on any atom is 0.273 e. The molecule has 0 radical (unpaired) electrons. The minimum atomic E-state index is -2.71. The van der Waals surface area contributed by atoms with E-state index in [2.05, 4.69) is 30.9 Å². The first kappa shape index (κ1) is 16.6. The molecule has 5 rings (SSSR count). The van der Waals surface area contributed by atoms with Crippen molar-refractivity contribution in [3.63, 3.8) is 0 Å². The lowest BCUT2D eigenvalue weighted by atomic mass is 10.2. The third-order valence-electron chi connectivity index (χ3n) is 5.39. The van der Waals surface area contributed by atoms with Crippen LogP contribution >= 0.6 is 0 Å². The van der Waals surface area contributed by atoms with Gasteiger partial charge < -0.3 is 20.9 Å². The summed E-state index contributed by atoms with van der Waals surface area (Å²) in [5.74, 6) is -0.642. The molecule has 11 heteroatoms. The van der Waals surface area contributed by atoms with Gasteiger partial charge in [0, 0.05) is 36.3 Å². The summed E-state index contributed by atoms with van der Waals surface area (Å²) in [4.78, 5) is 31.4. The van der Waals surface area contributed by atoms with Crippen LogP contribution in [-0.2, 0) is 11.3 Å². The fourth-order valence-electron chi connectivity index (χ4n) is 3.76. The van der Waals surface area contributed by atoms with Crippen LogP contribution in [0.2, 0.25) is 0 Å². The van der Waals surface area contributed by atoms with Gasteiger partial charge in [-0.2, -0.15) is 5.10 Å². The summed E-state index contributed by atoms with van der Waals surface area (Å²) in [6.07, 6.45) is 3.23. The summed E-state index contributed by atoms with van der Waals surface area (Å²) in [5, 5.41) is 20.1. The summed E-state index contributed by atoms with van der Waals surface area (Å²) < 4.78 is 23.9. The van der Waals surface area contributed by atoms with Crippen LogP contribution in [-0.4, -0.2) is 50.8 Å². The number of nitrogens with zero attached hydrogens (tertiary/aromatic N) is 6. The van der Waals surface area contributed by atoms with Crippen LogP contribution < -0.4 is 20.9 Å². The van der Waals surface area contributed by atoms with Crippen LogP contribution in [0.15, 0.2) is 24.4 Å². The molecule has 32 heavy (non-hydrogen) atoms. The molecule has 2 aliphatic rings. The Balaban J connectivity index is 1.54. The second-order valence-corrected chi connectivity index (χ2v) is 7.91. The Kier molecular flexibility index (Phi) is 3.95. The van der Waals surface area contributed by atoms with Crippen molar-refractivity contribution < 1.29 is 13.7 Å². The number of anilines is 4. The van der Waals surface area contributed by atoms with Crippen LogP contribution in [0, 0.1) is 12.8 Å². The van der Waals surface area contributed by atoms with Crippen molar-refractivity contribution in [2.45, 2.75) is 26.3 Å². The Morgan fingerprint density at radius 1 is 1.25 bits per heavy atom. The largest absolute Gasteiger partial charge is 0.364 e. The van der Waals surface area contributed by atoms with Gasteiger partial charge in [-0.1, -0.05) is 0 Å². The van der Waals surface area contributed by atoms with Crippen molar-refractivity contribution in [3.05, 3.63) is 41.5 Å². The van der Waals surface area contributed by atoms with E-state index < -0.39 is 12.9 Å². The van der Waals surface area contributed by atoms with E-state index in [1.807, 2.05) is 41.0 Å². The summed E-state index contributed by atoms with van der Waals surface area (Å²) >= 11 is 0. The fraction of sp³-hybridized carbons (Fsp3) is 0.333. The summed E-state index contributed by atoms with van der Waals surface area (Å²) in [6, 6.07) is 5.28. The van der Waals surface area contributed by atoms with Gasteiger partial charge in [-0.3, -0.25) is 9.59 Å². The normalized spacial score (nSPS) is 16.2. The molecule has 1 aliphatic carbocycles. The maximum atomic E-state index is 12.7. The first-order valence-electron chi connectivity index (χ1n) is 11.6. The Bertz CT molecular complexity index is 1330. The van der Waals surface area contributed by atoms with E-state index in [1.165, 1.54) is 6.07 Å². The molecule has 4 heterocycles. The third kappa shape index (κ3) is 3.51. The van der Waals surface area contributed by atoms with Gasteiger partial charge in [-0.25, -0.2) is 9.67 Å². The number of rotatable bonds is 5. The Morgan fingerprint density at radius 2 is 2.09 bits per heavy atom. The molecule has 0 bridgehead atoms. The predicted molar refractivity (Wildman–Crippen MR) is 118 cm³/mol. The third-order valence-corrected chi connectivity index (χ3v) is 5.39. The van der Waals surface area contributed by atoms with E-state index in [9.17, 15) is 9.59 Å². The zero-order valence-corrected chi connectivity index (χ0v) is 17.5. The average molecular weight is 436 g/mol. The molecule has 11 nitrogen and oxygen atoms in total. The van der Waals surface area contributed by atoms with Crippen molar-refractivity contribution in [1.82, 2.24) is 30.3 Å². The van der Waals surface area contributed by atoms with Crippen LogP contribution in [0.25, 0.3) is 5.69 Å². The number of carbonyl (C=O) groups excluding carboxylic acids is 2. The molecule has 1 saturated carbocycles. The Morgan fingerprint density at radius 3 is 2.88 bits per heavy atom. The Hall–Kier alpha value is -4.02. The molecule has 3 N–H and O–H groups in total. The fourth-order valence-corrected chi connectivity index (χ4v) is 3.76. The molecule has 2 amide bonds. The highest BCUT2D eigenvalue weighted by Gasteiger charge is 2.30. The summed E-state index contributed by atoms with van der Waals surface area (Å²) in [7, 11) is 1.91. The number of aryl methyl sites for hydroxylation is 1. The molecular weight excluding hydrogens is 410 g/mol. The minimum absolute atomic E-state index is 0.0603. The monoisotopic (exact) mass is 436 g/mol. The lowest BCUT2D eigenvalue weighted by Gasteiger charge is -2.30. The van der Waals surface area contributed by atoms with Gasteiger partial charge in [-0.15, -0.1) is 10.2 Å². The second-order valence-electron chi connectivity index (χ2n) is 7.91. The van der Waals surface area contributed by atoms with Gasteiger partial charge in [0.1, 0.15) is 5.69 Å². The SMILES string of the molecule is [2H]C([2H])([2H])NC(=O)c1nnc(NC(=O)C2CC2)cc1Nc1nccc2c1N(C)Cc1cc(C)nn1-2. The molecule has 3 aromatic heterocycles. The Labute approximate surface area is 188 Å². The van der Waals surface area contributed by atoms with E-state index >= 15 is 0 Å². The summed E-state index contributed by atoms with van der Waals surface area (Å²) in [5.41, 5.74) is 3.31. The van der Waals surface area contributed by atoms with Crippen LogP contribution in [0.4, 0.5) is 23.0 Å². The zero-order chi connectivity index (χ0) is 24.9. The van der Waals surface area contributed by atoms with E-state index in [0.717, 1.165) is 35.6 Å². The molecule has 1 aliphatic heterocycles. The van der Waals surface area contributed by atoms with Gasteiger partial charge >= 0.3 is 0 Å². The van der Waals surface area contributed by atoms with Crippen LogP contribution in [0.1, 0.15) is 38.8 Å². The molecule has 3 aromatic rings. The topological polar surface area (TPSA) is 130 Å². The maximum absolute atomic E-state index is 12.7. The highest BCUT2D eigenvalue weighted by Crippen LogP contribution is 2.37. The molecule has 0 atom stereocenters. The van der Waals surface area contributed by atoms with E-state index in [0.29, 0.717) is 12.4 Å². The van der Waals surface area contributed by atoms with E-state index in [1.54, 1.807) is 6.20 Å². The highest BCUT2D eigenvalue weighted by molar-refractivity contribution is 6.00. The van der Waals surface area contributed by atoms with Gasteiger partial charge in [0.2, 0.25) is 5.91 Å². The summed E-state index contributed by atoms with van der Waals surface area (Å²) in [6.45, 7) is -0.215. The first-order valence-corrected chi connectivity index (χ1v) is 10.1. The zero-order valence-electron chi connectivity index (χ0n) is 20.5. The molecule has 0 unspecified atom stereocenters. The number of carbonyl (C=O) groups is 2. The first-order chi connectivity index (χ1) is 16.6. The van der Waals surface area contributed by atoms with Gasteiger partial charge in [0.15, 0.2) is 17.3 Å². The molecule has 0 spiro atoms. The lowest BCUT2D eigenvalue weighted by molar-refractivity contribution is -0.117. The number of pyridine rings is 1. The van der Waals surface area contributed by atoms with Crippen molar-refractivity contribution in [3.8, 4) is 5.69 Å². The van der Waals surface area contributed by atoms with Crippen LogP contribution in [0.3, 0.4) is 0 Å². The van der Waals surface area contributed by atoms with Gasteiger partial charge in [-0.05, 0) is 31.9 Å². The van der Waals surface area contributed by atoms with Crippen LogP contribution in [0.5, 0.6) is 0 Å². The smallest absolute Gasteiger partial charge is 0.273 e. The molecule has 0 aromatic carbocycles. The van der Waals surface area contributed by atoms with Crippen molar-refractivity contribution in [2.24, 2.45) is 5.92 Å². The number of fused-ring (bicyclic) bond motifs is 3. The van der Waals surface area contributed by atoms with Crippen molar-refractivity contribution >= 4 is 34.8 Å². The second kappa shape index (κ2) is 7.59. The molecule has 1 fully saturated rings. The molecular formula is C21H23N9O2. The minimum Gasteiger partial charge on any atom is -0.364 e. The lowest BCUT2D eigenvalue weighted by Crippen LogP contribution is -2.27. The number of hydrogen-bond acceptors (Lipinski definition) is 8. The number of aromatic nitrogens is 5. The van der Waals surface area contributed by atoms with Gasteiger partial charge in [0.25, 0.3) is 5.91 Å². The van der Waals surface area contributed by atoms with Crippen molar-refractivity contribution in [2.75, 3.05) is 29.6 Å². The predicted octanol–water partition coefficient (Wildman–Crippen LogP) is 1.77. The quantitative estimate of drug-likeness (QED) is 0.552. The molecule has 164 valence electrons. The standard InChI is InChI=1S/C21H23N9O2/c1-11-8-13-10-29(3)18-15(30(13)28-11)6-7-23-19(18)24-14-9-16(25-20(31)12-4-5-12)26-27-17(14)21(32)22-2/h6-9,12H,4-5,10H2,1-3H3,(H,22,32)(H2,23,24,25,26,31)/i2D3. The average Bonchev–Trinajstić information content (AvgIpc) is 3.55. The number of hydrogen-bond donors (Lipinski definition) is 3. The molecule has 0 saturated heterocycles. The highest BCUT2D eigenvalue weighted by atomic mass is 16.2. The number of amides is 2. The van der Waals surface area contributed by atoms with Gasteiger partial charge in [0.05, 0.1) is 29.3 Å².